The summed E-state index contributed by atoms with van der Waals surface area (Å²) < 4.78 is 26.0. The molecule has 0 spiro atoms. The molecule has 0 aromatic rings. The lowest BCUT2D eigenvalue weighted by Gasteiger charge is -2.45. The molecule has 0 saturated carbocycles. The Morgan fingerprint density at radius 1 is 0.765 bits per heavy atom. The van der Waals surface area contributed by atoms with Crippen LogP contribution >= 0.6 is 0 Å². The van der Waals surface area contributed by atoms with Crippen LogP contribution in [0.3, 0.4) is 0 Å². The van der Waals surface area contributed by atoms with E-state index in [2.05, 4.69) is 67.7 Å². The molecule has 4 atom stereocenters. The molecule has 2 N–H and O–H groups in total. The molecule has 1 fully saturated rings. The SMILES string of the molecule is CC1(C)O[C@H](C[C@H](CCO)O[Si](C)(C)C(C)(C)C)C[C@@H](C[C@H](CCO)O[Si](C)(C)C(C)(C)C)O1. The molecule has 8 heteroatoms. The molecule has 1 saturated heterocycles. The van der Waals surface area contributed by atoms with Crippen molar-refractivity contribution in [1.82, 2.24) is 0 Å². The van der Waals surface area contributed by atoms with Gasteiger partial charge in [-0.25, -0.2) is 0 Å². The van der Waals surface area contributed by atoms with Crippen LogP contribution in [0.15, 0.2) is 0 Å². The van der Waals surface area contributed by atoms with Crippen LogP contribution in [0.2, 0.25) is 36.3 Å². The summed E-state index contributed by atoms with van der Waals surface area (Å²) in [6.07, 6.45) is 3.35. The zero-order chi connectivity index (χ0) is 26.6. The summed E-state index contributed by atoms with van der Waals surface area (Å²) in [5.74, 6) is -0.699. The van der Waals surface area contributed by atoms with E-state index in [0.29, 0.717) is 12.8 Å². The van der Waals surface area contributed by atoms with Gasteiger partial charge in [0.15, 0.2) is 22.4 Å². The van der Waals surface area contributed by atoms with E-state index >= 15 is 0 Å². The second-order valence-corrected chi connectivity index (χ2v) is 23.1. The van der Waals surface area contributed by atoms with Gasteiger partial charge in [-0.1, -0.05) is 41.5 Å². The van der Waals surface area contributed by atoms with Crippen molar-refractivity contribution in [2.45, 2.75) is 154 Å². The zero-order valence-corrected chi connectivity index (χ0v) is 26.3. The molecule has 0 radical (unpaired) electrons. The first-order chi connectivity index (χ1) is 15.2. The summed E-state index contributed by atoms with van der Waals surface area (Å²) in [5, 5.41) is 19.6. The van der Waals surface area contributed by atoms with Crippen molar-refractivity contribution in [3.63, 3.8) is 0 Å². The van der Waals surface area contributed by atoms with Gasteiger partial charge in [0.25, 0.3) is 0 Å². The molecule has 0 aliphatic carbocycles. The van der Waals surface area contributed by atoms with Crippen LogP contribution in [0.1, 0.15) is 87.5 Å². The van der Waals surface area contributed by atoms with Crippen molar-refractivity contribution in [1.29, 1.82) is 0 Å². The van der Waals surface area contributed by atoms with Crippen LogP contribution < -0.4 is 0 Å². The molecule has 0 unspecified atom stereocenters. The summed E-state index contributed by atoms with van der Waals surface area (Å²) >= 11 is 0. The molecule has 0 aromatic carbocycles. The maximum absolute atomic E-state index is 9.71. The predicted molar refractivity (Wildman–Crippen MR) is 145 cm³/mol. The minimum atomic E-state index is -1.97. The highest BCUT2D eigenvalue weighted by molar-refractivity contribution is 6.74. The Hall–Kier alpha value is 0.194. The van der Waals surface area contributed by atoms with Crippen molar-refractivity contribution in [2.24, 2.45) is 0 Å². The summed E-state index contributed by atoms with van der Waals surface area (Å²) in [7, 11) is -3.93. The number of ether oxygens (including phenoxy) is 2. The van der Waals surface area contributed by atoms with E-state index in [4.69, 9.17) is 18.3 Å². The van der Waals surface area contributed by atoms with Crippen molar-refractivity contribution in [3.05, 3.63) is 0 Å². The molecule has 0 bridgehead atoms. The highest BCUT2D eigenvalue weighted by atomic mass is 28.4. The molecule has 1 aliphatic rings. The fraction of sp³-hybridized carbons (Fsp3) is 1.00. The van der Waals surface area contributed by atoms with E-state index in [9.17, 15) is 10.2 Å². The van der Waals surface area contributed by atoms with Gasteiger partial charge in [-0.3, -0.25) is 0 Å². The van der Waals surface area contributed by atoms with Crippen LogP contribution in [-0.2, 0) is 18.3 Å². The number of aliphatic hydroxyl groups excluding tert-OH is 2. The van der Waals surface area contributed by atoms with Crippen molar-refractivity contribution in [3.8, 4) is 0 Å². The van der Waals surface area contributed by atoms with E-state index in [-0.39, 0.29) is 47.7 Å². The summed E-state index contributed by atoms with van der Waals surface area (Å²) in [4.78, 5) is 0. The lowest BCUT2D eigenvalue weighted by atomic mass is 9.97. The molecular weight excluding hydrogens is 464 g/mol. The maximum Gasteiger partial charge on any atom is 0.192 e. The average molecular weight is 521 g/mol. The van der Waals surface area contributed by atoms with Gasteiger partial charge in [-0.15, -0.1) is 0 Å². The number of hydrogen-bond acceptors (Lipinski definition) is 6. The monoisotopic (exact) mass is 520 g/mol. The first-order valence-corrected chi connectivity index (χ1v) is 19.0. The molecular formula is C26H56O6Si2. The highest BCUT2D eigenvalue weighted by Gasteiger charge is 2.43. The Labute approximate surface area is 212 Å². The van der Waals surface area contributed by atoms with E-state index in [1.54, 1.807) is 0 Å². The Kier molecular flexibility index (Phi) is 11.5. The Bertz CT molecular complexity index is 559. The van der Waals surface area contributed by atoms with E-state index in [0.717, 1.165) is 19.3 Å². The first kappa shape index (κ1) is 32.2. The highest BCUT2D eigenvalue weighted by Crippen LogP contribution is 2.41. The van der Waals surface area contributed by atoms with Crippen LogP contribution in [0.5, 0.6) is 0 Å². The van der Waals surface area contributed by atoms with Gasteiger partial charge in [-0.05, 0) is 75.8 Å². The van der Waals surface area contributed by atoms with E-state index in [1.807, 2.05) is 13.8 Å². The second-order valence-electron chi connectivity index (χ2n) is 13.6. The second kappa shape index (κ2) is 12.2. The predicted octanol–water partition coefficient (Wildman–Crippen LogP) is 6.22. The topological polar surface area (TPSA) is 77.4 Å². The van der Waals surface area contributed by atoms with Crippen molar-refractivity contribution >= 4 is 16.6 Å². The molecule has 204 valence electrons. The number of hydrogen-bond donors (Lipinski definition) is 2. The van der Waals surface area contributed by atoms with Gasteiger partial charge >= 0.3 is 0 Å². The molecule has 1 heterocycles. The van der Waals surface area contributed by atoms with Gasteiger partial charge in [0.2, 0.25) is 0 Å². The lowest BCUT2D eigenvalue weighted by molar-refractivity contribution is -0.305. The quantitative estimate of drug-likeness (QED) is 0.297. The number of aliphatic hydroxyl groups is 2. The lowest BCUT2D eigenvalue weighted by Crippen LogP contribution is -2.50. The van der Waals surface area contributed by atoms with Gasteiger partial charge in [-0.2, -0.15) is 0 Å². The smallest absolute Gasteiger partial charge is 0.192 e. The Morgan fingerprint density at radius 3 is 1.35 bits per heavy atom. The van der Waals surface area contributed by atoms with Crippen LogP contribution in [-0.4, -0.2) is 70.3 Å². The normalized spacial score (nSPS) is 24.2. The summed E-state index contributed by atoms with van der Waals surface area (Å²) in [5.41, 5.74) is 0. The maximum atomic E-state index is 9.71. The van der Waals surface area contributed by atoms with Gasteiger partial charge < -0.3 is 28.5 Å². The van der Waals surface area contributed by atoms with Gasteiger partial charge in [0, 0.05) is 31.8 Å². The summed E-state index contributed by atoms with van der Waals surface area (Å²) in [6, 6.07) is 0. The number of rotatable bonds is 12. The van der Waals surface area contributed by atoms with Crippen LogP contribution in [0, 0.1) is 0 Å². The third-order valence-corrected chi connectivity index (χ3v) is 17.0. The Morgan fingerprint density at radius 2 is 1.09 bits per heavy atom. The molecule has 6 nitrogen and oxygen atoms in total. The largest absolute Gasteiger partial charge is 0.414 e. The molecule has 34 heavy (non-hydrogen) atoms. The average Bonchev–Trinajstić information content (AvgIpc) is 2.57. The third-order valence-electron chi connectivity index (χ3n) is 7.92. The van der Waals surface area contributed by atoms with Crippen LogP contribution in [0.25, 0.3) is 0 Å². The standard InChI is InChI=1S/C26H56O6Si2/c1-24(2,3)33(9,10)31-20(13-15-27)17-22-19-23(30-26(7,8)29-22)18-21(14-16-28)32-34(11,12)25(4,5)6/h20-23,27-28H,13-19H2,1-12H3/t20-,21-,22+,23+/m0/s1. The molecule has 0 aromatic heterocycles. The van der Waals surface area contributed by atoms with Gasteiger partial charge in [0.05, 0.1) is 12.2 Å². The Balaban J connectivity index is 2.96. The third kappa shape index (κ3) is 9.92. The molecule has 1 rings (SSSR count). The van der Waals surface area contributed by atoms with E-state index < -0.39 is 22.4 Å². The zero-order valence-electron chi connectivity index (χ0n) is 24.3. The molecule has 1 aliphatic heterocycles. The first-order valence-electron chi connectivity index (χ1n) is 13.2. The van der Waals surface area contributed by atoms with Crippen molar-refractivity contribution < 1.29 is 28.5 Å². The van der Waals surface area contributed by atoms with Crippen LogP contribution in [0.4, 0.5) is 0 Å². The van der Waals surface area contributed by atoms with E-state index in [1.165, 1.54) is 0 Å². The summed E-state index contributed by atoms with van der Waals surface area (Å²) in [6.45, 7) is 26.6. The fourth-order valence-electron chi connectivity index (χ4n) is 4.02. The van der Waals surface area contributed by atoms with Crippen molar-refractivity contribution in [2.75, 3.05) is 13.2 Å². The fourth-order valence-corrected chi connectivity index (χ4v) is 6.82. The minimum Gasteiger partial charge on any atom is -0.414 e. The van der Waals surface area contributed by atoms with Gasteiger partial charge in [0.1, 0.15) is 0 Å². The minimum absolute atomic E-state index is 0.0160. The molecule has 0 amide bonds.